The molecule has 0 aromatic heterocycles. The Morgan fingerprint density at radius 1 is 1.26 bits per heavy atom. The molecular weight excluding hydrogens is 420 g/mol. The first-order chi connectivity index (χ1) is 9.15. The molecule has 1 aliphatic rings. The molecule has 1 atom stereocenters. The zero-order chi connectivity index (χ0) is 13.4. The molecule has 0 fully saturated rings. The van der Waals surface area contributed by atoms with Crippen LogP contribution in [-0.2, 0) is 6.42 Å². The Kier molecular flexibility index (Phi) is 3.80. The molecule has 0 saturated carbocycles. The van der Waals surface area contributed by atoms with Crippen LogP contribution in [0.5, 0.6) is 0 Å². The van der Waals surface area contributed by atoms with Crippen LogP contribution in [0.15, 0.2) is 40.9 Å². The molecule has 0 aliphatic carbocycles. The summed E-state index contributed by atoms with van der Waals surface area (Å²) in [7, 11) is 0. The molecular formula is C15H12BrFIN. The minimum absolute atomic E-state index is 0.0464. The van der Waals surface area contributed by atoms with E-state index in [2.05, 4.69) is 56.0 Å². The Labute approximate surface area is 133 Å². The van der Waals surface area contributed by atoms with Gasteiger partial charge in [0.25, 0.3) is 0 Å². The van der Waals surface area contributed by atoms with Crippen LogP contribution in [0.3, 0.4) is 0 Å². The molecule has 1 nitrogen and oxygen atoms in total. The summed E-state index contributed by atoms with van der Waals surface area (Å²) in [5.74, 6) is -0.134. The van der Waals surface area contributed by atoms with Crippen LogP contribution in [0, 0.1) is 9.39 Å². The van der Waals surface area contributed by atoms with Crippen LogP contribution >= 0.6 is 38.5 Å². The number of fused-ring (bicyclic) bond motifs is 1. The molecule has 4 heteroatoms. The lowest BCUT2D eigenvalue weighted by Gasteiger charge is -2.28. The van der Waals surface area contributed by atoms with Crippen LogP contribution in [0.1, 0.15) is 23.6 Å². The molecule has 1 N–H and O–H groups in total. The van der Waals surface area contributed by atoms with Gasteiger partial charge < -0.3 is 5.32 Å². The Balaban J connectivity index is 1.97. The minimum Gasteiger partial charge on any atom is -0.377 e. The Morgan fingerprint density at radius 3 is 2.84 bits per heavy atom. The summed E-state index contributed by atoms with van der Waals surface area (Å²) in [5, 5.41) is 3.46. The van der Waals surface area contributed by atoms with Gasteiger partial charge in [-0.3, -0.25) is 0 Å². The van der Waals surface area contributed by atoms with E-state index >= 15 is 0 Å². The lowest BCUT2D eigenvalue weighted by molar-refractivity contribution is 0.572. The summed E-state index contributed by atoms with van der Waals surface area (Å²) in [6.45, 7) is 0. The molecule has 0 amide bonds. The second-order valence-corrected chi connectivity index (χ2v) is 6.78. The van der Waals surface area contributed by atoms with E-state index in [1.54, 1.807) is 6.07 Å². The highest BCUT2D eigenvalue weighted by molar-refractivity contribution is 14.1. The molecule has 2 aromatic carbocycles. The fraction of sp³-hybridized carbons (Fsp3) is 0.200. The molecule has 19 heavy (non-hydrogen) atoms. The second kappa shape index (κ2) is 5.40. The molecule has 0 saturated heterocycles. The van der Waals surface area contributed by atoms with Crippen molar-refractivity contribution >= 4 is 44.2 Å². The van der Waals surface area contributed by atoms with Crippen molar-refractivity contribution < 1.29 is 4.39 Å². The highest BCUT2D eigenvalue weighted by Crippen LogP contribution is 2.38. The van der Waals surface area contributed by atoms with Crippen LogP contribution in [0.4, 0.5) is 10.1 Å². The highest BCUT2D eigenvalue weighted by atomic mass is 127. The van der Waals surface area contributed by atoms with Crippen LogP contribution in [0.2, 0.25) is 0 Å². The maximum Gasteiger partial charge on any atom is 0.128 e. The summed E-state index contributed by atoms with van der Waals surface area (Å²) < 4.78 is 16.1. The Morgan fingerprint density at radius 2 is 2.05 bits per heavy atom. The number of hydrogen-bond donors (Lipinski definition) is 1. The largest absolute Gasteiger partial charge is 0.377 e. The number of aryl methyl sites for hydroxylation is 1. The fourth-order valence-corrected chi connectivity index (χ4v) is 4.25. The first-order valence-corrected chi connectivity index (χ1v) is 8.01. The van der Waals surface area contributed by atoms with E-state index in [0.29, 0.717) is 0 Å². The van der Waals surface area contributed by atoms with E-state index in [1.807, 2.05) is 12.1 Å². The maximum atomic E-state index is 13.9. The third-order valence-corrected chi connectivity index (χ3v) is 4.69. The topological polar surface area (TPSA) is 12.0 Å². The normalized spacial score (nSPS) is 17.7. The first-order valence-electron chi connectivity index (χ1n) is 6.14. The highest BCUT2D eigenvalue weighted by Gasteiger charge is 2.23. The predicted molar refractivity (Wildman–Crippen MR) is 87.9 cm³/mol. The van der Waals surface area contributed by atoms with Gasteiger partial charge in [0, 0.05) is 13.6 Å². The van der Waals surface area contributed by atoms with Crippen LogP contribution < -0.4 is 5.32 Å². The number of hydrogen-bond acceptors (Lipinski definition) is 1. The average Bonchev–Trinajstić information content (AvgIpc) is 2.39. The van der Waals surface area contributed by atoms with Gasteiger partial charge in [-0.15, -0.1) is 0 Å². The molecule has 1 aliphatic heterocycles. The molecule has 1 heterocycles. The van der Waals surface area contributed by atoms with Crippen molar-refractivity contribution in [3.63, 3.8) is 0 Å². The summed E-state index contributed by atoms with van der Waals surface area (Å²) >= 11 is 5.91. The van der Waals surface area contributed by atoms with Crippen molar-refractivity contribution in [3.8, 4) is 0 Å². The Hall–Kier alpha value is -0.620. The number of benzene rings is 2. The van der Waals surface area contributed by atoms with Crippen LogP contribution in [-0.4, -0.2) is 0 Å². The molecule has 1 unspecified atom stereocenters. The average molecular weight is 432 g/mol. The molecule has 0 radical (unpaired) electrons. The summed E-state index contributed by atoms with van der Waals surface area (Å²) in [6, 6.07) is 11.3. The fourth-order valence-electron chi connectivity index (χ4n) is 2.52. The van der Waals surface area contributed by atoms with Gasteiger partial charge in [0.05, 0.1) is 11.7 Å². The molecule has 98 valence electrons. The lowest BCUT2D eigenvalue weighted by atomic mass is 9.93. The zero-order valence-electron chi connectivity index (χ0n) is 10.1. The Bertz CT molecular complexity index is 630. The number of nitrogens with one attached hydrogen (secondary N) is 1. The van der Waals surface area contributed by atoms with Crippen molar-refractivity contribution in [1.82, 2.24) is 0 Å². The molecule has 0 bridgehead atoms. The summed E-state index contributed by atoms with van der Waals surface area (Å²) in [5.41, 5.74) is 3.14. The third-order valence-electron chi connectivity index (χ3n) is 3.44. The maximum absolute atomic E-state index is 13.9. The van der Waals surface area contributed by atoms with E-state index < -0.39 is 0 Å². The predicted octanol–water partition coefficient (Wildman–Crippen LogP) is 5.29. The number of halogens is 3. The van der Waals surface area contributed by atoms with Gasteiger partial charge in [-0.05, 0) is 75.1 Å². The quantitative estimate of drug-likeness (QED) is 0.604. The lowest BCUT2D eigenvalue weighted by Crippen LogP contribution is -2.19. The van der Waals surface area contributed by atoms with Crippen molar-refractivity contribution in [1.29, 1.82) is 0 Å². The van der Waals surface area contributed by atoms with E-state index in [1.165, 1.54) is 15.2 Å². The minimum atomic E-state index is -0.134. The molecule has 2 aromatic rings. The van der Waals surface area contributed by atoms with Crippen molar-refractivity contribution in [3.05, 3.63) is 61.4 Å². The van der Waals surface area contributed by atoms with Gasteiger partial charge in [-0.2, -0.15) is 0 Å². The van der Waals surface area contributed by atoms with Crippen molar-refractivity contribution in [2.45, 2.75) is 18.9 Å². The smallest absolute Gasteiger partial charge is 0.128 e. The standard InChI is InChI=1S/C15H12BrFIN/c16-12-8-10(18)7-9-5-6-14(19-15(9)12)11-3-1-2-4-13(11)17/h1-4,7-8,14,19H,5-6H2. The second-order valence-electron chi connectivity index (χ2n) is 4.68. The van der Waals surface area contributed by atoms with Gasteiger partial charge in [0.2, 0.25) is 0 Å². The van der Waals surface area contributed by atoms with E-state index in [0.717, 1.165) is 28.6 Å². The number of anilines is 1. The van der Waals surface area contributed by atoms with Gasteiger partial charge >= 0.3 is 0 Å². The zero-order valence-corrected chi connectivity index (χ0v) is 13.8. The van der Waals surface area contributed by atoms with Crippen LogP contribution in [0.25, 0.3) is 0 Å². The van der Waals surface area contributed by atoms with E-state index in [-0.39, 0.29) is 11.9 Å². The van der Waals surface area contributed by atoms with Gasteiger partial charge in [0.1, 0.15) is 5.82 Å². The number of rotatable bonds is 1. The SMILES string of the molecule is Fc1ccccc1C1CCc2cc(I)cc(Br)c2N1. The van der Waals surface area contributed by atoms with Gasteiger partial charge in [-0.1, -0.05) is 18.2 Å². The van der Waals surface area contributed by atoms with E-state index in [9.17, 15) is 4.39 Å². The van der Waals surface area contributed by atoms with Crippen molar-refractivity contribution in [2.75, 3.05) is 5.32 Å². The van der Waals surface area contributed by atoms with E-state index in [4.69, 9.17) is 0 Å². The van der Waals surface area contributed by atoms with Gasteiger partial charge in [-0.25, -0.2) is 4.39 Å². The van der Waals surface area contributed by atoms with Crippen molar-refractivity contribution in [2.24, 2.45) is 0 Å². The first kappa shape index (κ1) is 13.4. The third kappa shape index (κ3) is 2.65. The molecule has 3 rings (SSSR count). The monoisotopic (exact) mass is 431 g/mol. The summed E-state index contributed by atoms with van der Waals surface area (Å²) in [4.78, 5) is 0. The van der Waals surface area contributed by atoms with Gasteiger partial charge in [0.15, 0.2) is 0 Å². The molecule has 0 spiro atoms. The summed E-state index contributed by atoms with van der Waals surface area (Å²) in [6.07, 6.45) is 1.89.